The van der Waals surface area contributed by atoms with Gasteiger partial charge in [-0.1, -0.05) is 0 Å². The van der Waals surface area contributed by atoms with Crippen LogP contribution in [0, 0.1) is 10.1 Å². The van der Waals surface area contributed by atoms with Crippen LogP contribution in [0.3, 0.4) is 0 Å². The summed E-state index contributed by atoms with van der Waals surface area (Å²) in [7, 11) is 0. The monoisotopic (exact) mass is 383 g/mol. The Morgan fingerprint density at radius 2 is 2.00 bits per heavy atom. The summed E-state index contributed by atoms with van der Waals surface area (Å²) in [5.41, 5.74) is -2.81. The van der Waals surface area contributed by atoms with E-state index in [0.717, 1.165) is 12.1 Å². The minimum Gasteiger partial charge on any atom is -0.449 e. The van der Waals surface area contributed by atoms with Crippen LogP contribution in [0.25, 0.3) is 0 Å². The molecular weight excluding hydrogens is 371 g/mol. The van der Waals surface area contributed by atoms with Crippen LogP contribution in [0.15, 0.2) is 42.7 Å². The third-order valence-electron chi connectivity index (χ3n) is 3.33. The molecule has 1 heterocycles. The summed E-state index contributed by atoms with van der Waals surface area (Å²) in [6, 6.07) is 4.74. The molecule has 0 bridgehead atoms. The number of carbonyl (C=O) groups is 2. The third kappa shape index (κ3) is 5.00. The first-order valence-corrected chi connectivity index (χ1v) is 7.37. The third-order valence-corrected chi connectivity index (χ3v) is 3.33. The van der Waals surface area contributed by atoms with E-state index in [4.69, 9.17) is 4.74 Å². The van der Waals surface area contributed by atoms with Crippen molar-refractivity contribution < 1.29 is 32.4 Å². The number of hydrogen-bond acceptors (Lipinski definition) is 6. The quantitative estimate of drug-likeness (QED) is 0.482. The number of benzene rings is 1. The Labute approximate surface area is 150 Å². The number of non-ortho nitro benzene ring substituents is 1. The first-order valence-electron chi connectivity index (χ1n) is 7.37. The molecule has 11 heteroatoms. The van der Waals surface area contributed by atoms with E-state index in [-0.39, 0.29) is 5.56 Å². The normalized spacial score (nSPS) is 12.1. The summed E-state index contributed by atoms with van der Waals surface area (Å²) < 4.78 is 44.2. The molecule has 1 amide bonds. The predicted octanol–water partition coefficient (Wildman–Crippen LogP) is 3.19. The number of hydrogen-bond donors (Lipinski definition) is 1. The molecule has 27 heavy (non-hydrogen) atoms. The SMILES string of the molecule is CC(OC(=O)c1cccnc1)C(=O)Nc1ccc([N+](=O)[O-])cc1C(F)(F)F. The summed E-state index contributed by atoms with van der Waals surface area (Å²) >= 11 is 0. The standard InChI is InChI=1S/C16H12F3N3O5/c1-9(27-15(24)10-3-2-6-20-8-10)14(23)21-13-5-4-11(22(25)26)7-12(13)16(17,18)19/h2-9H,1H3,(H,21,23). The molecule has 1 aromatic carbocycles. The zero-order chi connectivity index (χ0) is 20.2. The molecule has 1 unspecified atom stereocenters. The number of carbonyl (C=O) groups excluding carboxylic acids is 2. The van der Waals surface area contributed by atoms with Gasteiger partial charge >= 0.3 is 12.1 Å². The summed E-state index contributed by atoms with van der Waals surface area (Å²) in [4.78, 5) is 37.3. The van der Waals surface area contributed by atoms with Gasteiger partial charge in [-0.05, 0) is 25.1 Å². The Kier molecular flexibility index (Phi) is 5.73. The van der Waals surface area contributed by atoms with Gasteiger partial charge in [0, 0.05) is 24.5 Å². The average molecular weight is 383 g/mol. The fourth-order valence-electron chi connectivity index (χ4n) is 1.99. The van der Waals surface area contributed by atoms with E-state index >= 15 is 0 Å². The lowest BCUT2D eigenvalue weighted by Gasteiger charge is -2.16. The van der Waals surface area contributed by atoms with Crippen molar-refractivity contribution in [2.45, 2.75) is 19.2 Å². The number of pyridine rings is 1. The van der Waals surface area contributed by atoms with Gasteiger partial charge in [-0.15, -0.1) is 0 Å². The molecule has 1 N–H and O–H groups in total. The maximum atomic E-state index is 13.1. The van der Waals surface area contributed by atoms with Gasteiger partial charge in [0.25, 0.3) is 11.6 Å². The Hall–Kier alpha value is -3.50. The Bertz CT molecular complexity index is 871. The smallest absolute Gasteiger partial charge is 0.418 e. The van der Waals surface area contributed by atoms with Crippen molar-refractivity contribution >= 4 is 23.3 Å². The van der Waals surface area contributed by atoms with Crippen LogP contribution in [0.5, 0.6) is 0 Å². The van der Waals surface area contributed by atoms with Crippen molar-refractivity contribution in [2.24, 2.45) is 0 Å². The Morgan fingerprint density at radius 1 is 1.30 bits per heavy atom. The highest BCUT2D eigenvalue weighted by Gasteiger charge is 2.36. The second-order valence-corrected chi connectivity index (χ2v) is 5.26. The number of halogens is 3. The fraction of sp³-hybridized carbons (Fsp3) is 0.188. The average Bonchev–Trinajstić information content (AvgIpc) is 2.61. The van der Waals surface area contributed by atoms with Gasteiger partial charge < -0.3 is 10.1 Å². The first-order chi connectivity index (χ1) is 12.6. The number of nitro groups is 1. The molecule has 1 aromatic heterocycles. The number of alkyl halides is 3. The van der Waals surface area contributed by atoms with Crippen molar-refractivity contribution in [1.29, 1.82) is 0 Å². The molecule has 0 fully saturated rings. The number of nitro benzene ring substituents is 1. The molecule has 0 aliphatic carbocycles. The highest BCUT2D eigenvalue weighted by molar-refractivity contribution is 5.97. The van der Waals surface area contributed by atoms with Gasteiger partial charge in [0.2, 0.25) is 0 Å². The molecule has 1 atom stereocenters. The topological polar surface area (TPSA) is 111 Å². The van der Waals surface area contributed by atoms with E-state index in [1.165, 1.54) is 31.5 Å². The van der Waals surface area contributed by atoms with Crippen molar-refractivity contribution in [3.63, 3.8) is 0 Å². The molecule has 0 saturated carbocycles. The molecule has 142 valence electrons. The summed E-state index contributed by atoms with van der Waals surface area (Å²) in [5, 5.41) is 12.6. The van der Waals surface area contributed by atoms with E-state index in [1.807, 2.05) is 5.32 Å². The minimum absolute atomic E-state index is 0.0588. The first kappa shape index (κ1) is 19.8. The zero-order valence-electron chi connectivity index (χ0n) is 13.7. The number of ether oxygens (including phenoxy) is 1. The van der Waals surface area contributed by atoms with Gasteiger partial charge in [0.05, 0.1) is 21.7 Å². The summed E-state index contributed by atoms with van der Waals surface area (Å²) in [5.74, 6) is -1.92. The van der Waals surface area contributed by atoms with Crippen LogP contribution in [0.1, 0.15) is 22.8 Å². The van der Waals surface area contributed by atoms with Crippen molar-refractivity contribution in [1.82, 2.24) is 4.98 Å². The van der Waals surface area contributed by atoms with Crippen LogP contribution in [-0.2, 0) is 15.7 Å². The molecule has 0 aliphatic rings. The highest BCUT2D eigenvalue weighted by Crippen LogP contribution is 2.37. The number of anilines is 1. The number of nitrogens with one attached hydrogen (secondary N) is 1. The van der Waals surface area contributed by atoms with E-state index in [0.29, 0.717) is 6.07 Å². The van der Waals surface area contributed by atoms with Crippen molar-refractivity contribution in [3.05, 3.63) is 64.0 Å². The van der Waals surface area contributed by atoms with E-state index in [1.54, 1.807) is 0 Å². The number of esters is 1. The molecule has 0 aliphatic heterocycles. The second-order valence-electron chi connectivity index (χ2n) is 5.26. The lowest BCUT2D eigenvalue weighted by molar-refractivity contribution is -0.385. The molecule has 0 spiro atoms. The molecule has 2 aromatic rings. The lowest BCUT2D eigenvalue weighted by Crippen LogP contribution is -2.30. The van der Waals surface area contributed by atoms with E-state index < -0.39 is 46.0 Å². The zero-order valence-corrected chi connectivity index (χ0v) is 13.7. The fourth-order valence-corrected chi connectivity index (χ4v) is 1.99. The maximum Gasteiger partial charge on any atom is 0.418 e. The van der Waals surface area contributed by atoms with E-state index in [9.17, 15) is 32.9 Å². The van der Waals surface area contributed by atoms with E-state index in [2.05, 4.69) is 4.98 Å². The predicted molar refractivity (Wildman–Crippen MR) is 85.8 cm³/mol. The van der Waals surface area contributed by atoms with Gasteiger partial charge in [-0.3, -0.25) is 19.9 Å². The summed E-state index contributed by atoms with van der Waals surface area (Å²) in [6.45, 7) is 1.17. The highest BCUT2D eigenvalue weighted by atomic mass is 19.4. The molecular formula is C16H12F3N3O5. The van der Waals surface area contributed by atoms with Crippen molar-refractivity contribution in [2.75, 3.05) is 5.32 Å². The number of rotatable bonds is 5. The van der Waals surface area contributed by atoms with Crippen LogP contribution >= 0.6 is 0 Å². The Balaban J connectivity index is 2.17. The molecule has 2 rings (SSSR count). The molecule has 0 radical (unpaired) electrons. The second kappa shape index (κ2) is 7.81. The largest absolute Gasteiger partial charge is 0.449 e. The van der Waals surface area contributed by atoms with Crippen LogP contribution < -0.4 is 5.32 Å². The van der Waals surface area contributed by atoms with Crippen LogP contribution in [-0.4, -0.2) is 27.9 Å². The minimum atomic E-state index is -4.94. The maximum absolute atomic E-state index is 13.1. The number of amides is 1. The summed E-state index contributed by atoms with van der Waals surface area (Å²) in [6.07, 6.45) is -3.75. The lowest BCUT2D eigenvalue weighted by atomic mass is 10.1. The number of aromatic nitrogens is 1. The van der Waals surface area contributed by atoms with Crippen LogP contribution in [0.2, 0.25) is 0 Å². The molecule has 0 saturated heterocycles. The van der Waals surface area contributed by atoms with Gasteiger partial charge in [0.15, 0.2) is 6.10 Å². The van der Waals surface area contributed by atoms with Gasteiger partial charge in [-0.2, -0.15) is 13.2 Å². The van der Waals surface area contributed by atoms with Crippen molar-refractivity contribution in [3.8, 4) is 0 Å². The molecule has 8 nitrogen and oxygen atoms in total. The van der Waals surface area contributed by atoms with Crippen LogP contribution in [0.4, 0.5) is 24.5 Å². The number of nitrogens with zero attached hydrogens (tertiary/aromatic N) is 2. The van der Waals surface area contributed by atoms with Gasteiger partial charge in [-0.25, -0.2) is 4.79 Å². The van der Waals surface area contributed by atoms with Gasteiger partial charge in [0.1, 0.15) is 0 Å². The Morgan fingerprint density at radius 3 is 2.56 bits per heavy atom.